The molecule has 4 N–H and O–H groups in total. The van der Waals surface area contributed by atoms with E-state index in [1.807, 2.05) is 0 Å². The van der Waals surface area contributed by atoms with E-state index in [9.17, 15) is 19.8 Å². The lowest BCUT2D eigenvalue weighted by molar-refractivity contribution is -0.122. The minimum atomic E-state index is -0.295. The van der Waals surface area contributed by atoms with E-state index in [1.165, 1.54) is 0 Å². The van der Waals surface area contributed by atoms with Crippen LogP contribution in [0.5, 0.6) is 0 Å². The Morgan fingerprint density at radius 2 is 1.15 bits per heavy atom. The smallest absolute Gasteiger partial charge is 0.228 e. The standard InChI is InChI=1S/C19H27N3O4/c23-14-8-4-12(5-9-14)18(25)21-16-2-1-3-17(20-16)22-19(26)13-6-10-15(24)11-7-13/h1-3,12-15,23-24H,4-11H2,(H2,20,21,22,25,26). The first kappa shape index (κ1) is 18.8. The number of nitrogens with one attached hydrogen (secondary N) is 2. The van der Waals surface area contributed by atoms with Gasteiger partial charge in [0.05, 0.1) is 12.2 Å². The van der Waals surface area contributed by atoms with Crippen molar-refractivity contribution in [3.05, 3.63) is 18.2 Å². The molecule has 1 aromatic heterocycles. The van der Waals surface area contributed by atoms with Gasteiger partial charge in [-0.15, -0.1) is 0 Å². The third-order valence-corrected chi connectivity index (χ3v) is 5.39. The third-order valence-electron chi connectivity index (χ3n) is 5.39. The van der Waals surface area contributed by atoms with E-state index in [2.05, 4.69) is 15.6 Å². The fourth-order valence-corrected chi connectivity index (χ4v) is 3.71. The van der Waals surface area contributed by atoms with Gasteiger partial charge in [0.25, 0.3) is 0 Å². The first-order chi connectivity index (χ1) is 12.5. The molecule has 0 radical (unpaired) electrons. The average Bonchev–Trinajstić information content (AvgIpc) is 2.63. The number of anilines is 2. The minimum absolute atomic E-state index is 0.0888. The highest BCUT2D eigenvalue weighted by Gasteiger charge is 2.26. The molecular weight excluding hydrogens is 334 g/mol. The Balaban J connectivity index is 1.54. The molecule has 3 rings (SSSR count). The fourth-order valence-electron chi connectivity index (χ4n) is 3.71. The molecule has 0 saturated heterocycles. The Kier molecular flexibility index (Phi) is 6.21. The van der Waals surface area contributed by atoms with Crippen molar-refractivity contribution in [3.8, 4) is 0 Å². The molecule has 0 spiro atoms. The van der Waals surface area contributed by atoms with Crippen LogP contribution in [-0.2, 0) is 9.59 Å². The van der Waals surface area contributed by atoms with E-state index in [-0.39, 0.29) is 35.9 Å². The van der Waals surface area contributed by atoms with Gasteiger partial charge in [0.2, 0.25) is 11.8 Å². The summed E-state index contributed by atoms with van der Waals surface area (Å²) in [5.74, 6) is 0.443. The Morgan fingerprint density at radius 3 is 1.54 bits per heavy atom. The monoisotopic (exact) mass is 361 g/mol. The number of carbonyl (C=O) groups is 2. The second kappa shape index (κ2) is 8.60. The van der Waals surface area contributed by atoms with Crippen LogP contribution in [0.25, 0.3) is 0 Å². The van der Waals surface area contributed by atoms with Crippen molar-refractivity contribution in [2.45, 2.75) is 63.6 Å². The maximum absolute atomic E-state index is 12.3. The molecular formula is C19H27N3O4. The first-order valence-corrected chi connectivity index (χ1v) is 9.46. The number of rotatable bonds is 4. The number of pyridine rings is 1. The maximum atomic E-state index is 12.3. The SMILES string of the molecule is O=C(Nc1cccc(NC(=O)C2CCC(O)CC2)n1)C1CCC(O)CC1. The molecule has 2 amide bonds. The molecule has 1 aromatic rings. The van der Waals surface area contributed by atoms with Crippen LogP contribution in [0.4, 0.5) is 11.6 Å². The Bertz CT molecular complexity index is 584. The van der Waals surface area contributed by atoms with E-state index in [0.717, 1.165) is 0 Å². The molecule has 2 fully saturated rings. The summed E-state index contributed by atoms with van der Waals surface area (Å²) in [6.07, 6.45) is 4.72. The van der Waals surface area contributed by atoms with Crippen molar-refractivity contribution in [3.63, 3.8) is 0 Å². The number of amides is 2. The van der Waals surface area contributed by atoms with Crippen LogP contribution in [-0.4, -0.2) is 39.2 Å². The zero-order chi connectivity index (χ0) is 18.5. The van der Waals surface area contributed by atoms with E-state index in [1.54, 1.807) is 18.2 Å². The van der Waals surface area contributed by atoms with Crippen molar-refractivity contribution in [2.24, 2.45) is 11.8 Å². The number of aliphatic hydroxyl groups excluding tert-OH is 2. The van der Waals surface area contributed by atoms with Gasteiger partial charge in [0.15, 0.2) is 0 Å². The summed E-state index contributed by atoms with van der Waals surface area (Å²) in [7, 11) is 0. The van der Waals surface area contributed by atoms with Crippen LogP contribution in [0.2, 0.25) is 0 Å². The molecule has 0 atom stereocenters. The molecule has 142 valence electrons. The van der Waals surface area contributed by atoms with E-state index < -0.39 is 0 Å². The summed E-state index contributed by atoms with van der Waals surface area (Å²) < 4.78 is 0. The van der Waals surface area contributed by atoms with E-state index in [0.29, 0.717) is 63.0 Å². The summed E-state index contributed by atoms with van der Waals surface area (Å²) in [5, 5.41) is 24.7. The van der Waals surface area contributed by atoms with Crippen molar-refractivity contribution in [1.82, 2.24) is 4.98 Å². The zero-order valence-corrected chi connectivity index (χ0v) is 14.9. The largest absolute Gasteiger partial charge is 0.393 e. The molecule has 0 unspecified atom stereocenters. The van der Waals surface area contributed by atoms with Crippen LogP contribution in [0.3, 0.4) is 0 Å². The number of aromatic nitrogens is 1. The van der Waals surface area contributed by atoms with Gasteiger partial charge in [-0.25, -0.2) is 4.98 Å². The van der Waals surface area contributed by atoms with Crippen LogP contribution in [0, 0.1) is 11.8 Å². The van der Waals surface area contributed by atoms with Crippen LogP contribution in [0.15, 0.2) is 18.2 Å². The molecule has 0 aliphatic heterocycles. The molecule has 2 aliphatic carbocycles. The summed E-state index contributed by atoms with van der Waals surface area (Å²) in [6.45, 7) is 0. The summed E-state index contributed by atoms with van der Waals surface area (Å²) in [4.78, 5) is 29.0. The second-order valence-corrected chi connectivity index (χ2v) is 7.40. The highest BCUT2D eigenvalue weighted by Crippen LogP contribution is 2.26. The summed E-state index contributed by atoms with van der Waals surface area (Å²) >= 11 is 0. The molecule has 2 aliphatic rings. The number of hydrogen-bond donors (Lipinski definition) is 4. The quantitative estimate of drug-likeness (QED) is 0.656. The number of nitrogens with zero attached hydrogens (tertiary/aromatic N) is 1. The van der Waals surface area contributed by atoms with Gasteiger partial charge in [-0.1, -0.05) is 6.07 Å². The van der Waals surface area contributed by atoms with Crippen molar-refractivity contribution >= 4 is 23.5 Å². The van der Waals surface area contributed by atoms with Crippen LogP contribution < -0.4 is 10.6 Å². The lowest BCUT2D eigenvalue weighted by Gasteiger charge is -2.25. The fraction of sp³-hybridized carbons (Fsp3) is 0.632. The number of hydrogen-bond acceptors (Lipinski definition) is 5. The van der Waals surface area contributed by atoms with Gasteiger partial charge in [0, 0.05) is 11.8 Å². The minimum Gasteiger partial charge on any atom is -0.393 e. The predicted octanol–water partition coefficient (Wildman–Crippen LogP) is 2.06. The first-order valence-electron chi connectivity index (χ1n) is 9.46. The average molecular weight is 361 g/mol. The predicted molar refractivity (Wildman–Crippen MR) is 97.4 cm³/mol. The van der Waals surface area contributed by atoms with Crippen molar-refractivity contribution in [1.29, 1.82) is 0 Å². The molecule has 2 saturated carbocycles. The molecule has 7 heteroatoms. The van der Waals surface area contributed by atoms with Gasteiger partial charge >= 0.3 is 0 Å². The van der Waals surface area contributed by atoms with Gasteiger partial charge in [0.1, 0.15) is 11.6 Å². The second-order valence-electron chi connectivity index (χ2n) is 7.40. The maximum Gasteiger partial charge on any atom is 0.228 e. The molecule has 26 heavy (non-hydrogen) atoms. The molecule has 0 bridgehead atoms. The van der Waals surface area contributed by atoms with Gasteiger partial charge < -0.3 is 20.8 Å². The van der Waals surface area contributed by atoms with E-state index in [4.69, 9.17) is 0 Å². The van der Waals surface area contributed by atoms with Gasteiger partial charge in [-0.3, -0.25) is 9.59 Å². The number of aliphatic hydroxyl groups is 2. The molecule has 0 aromatic carbocycles. The topological polar surface area (TPSA) is 112 Å². The Hall–Kier alpha value is -1.99. The lowest BCUT2D eigenvalue weighted by atomic mass is 9.87. The highest BCUT2D eigenvalue weighted by atomic mass is 16.3. The van der Waals surface area contributed by atoms with Crippen LogP contribution in [0.1, 0.15) is 51.4 Å². The number of carbonyl (C=O) groups excluding carboxylic acids is 2. The lowest BCUT2D eigenvalue weighted by Crippen LogP contribution is -2.30. The van der Waals surface area contributed by atoms with Gasteiger partial charge in [-0.2, -0.15) is 0 Å². The normalized spacial score (nSPS) is 29.0. The van der Waals surface area contributed by atoms with Crippen molar-refractivity contribution < 1.29 is 19.8 Å². The zero-order valence-electron chi connectivity index (χ0n) is 14.9. The molecule has 1 heterocycles. The van der Waals surface area contributed by atoms with Crippen LogP contribution >= 0.6 is 0 Å². The van der Waals surface area contributed by atoms with Gasteiger partial charge in [-0.05, 0) is 63.5 Å². The summed E-state index contributed by atoms with van der Waals surface area (Å²) in [5.41, 5.74) is 0. The molecule has 7 nitrogen and oxygen atoms in total. The Labute approximate surface area is 153 Å². The third kappa shape index (κ3) is 5.02. The highest BCUT2D eigenvalue weighted by molar-refractivity contribution is 5.93. The van der Waals surface area contributed by atoms with Crippen molar-refractivity contribution in [2.75, 3.05) is 10.6 Å². The van der Waals surface area contributed by atoms with E-state index >= 15 is 0 Å². The Morgan fingerprint density at radius 1 is 0.769 bits per heavy atom. The summed E-state index contributed by atoms with van der Waals surface area (Å²) in [6, 6.07) is 5.14.